The second-order valence-electron chi connectivity index (χ2n) is 20.3. The van der Waals surface area contributed by atoms with E-state index < -0.39 is 0 Å². The maximum atomic E-state index is 2.46. The van der Waals surface area contributed by atoms with Gasteiger partial charge in [0.05, 0.1) is 34.1 Å². The lowest BCUT2D eigenvalue weighted by molar-refractivity contribution is 1.26. The van der Waals surface area contributed by atoms with Crippen LogP contribution in [0.5, 0.6) is 0 Å². The number of hydrogen-bond acceptors (Lipinski definition) is 4. The number of aryl methyl sites for hydroxylation is 6. The van der Waals surface area contributed by atoms with Crippen molar-refractivity contribution in [3.63, 3.8) is 0 Å². The number of benzene rings is 12. The summed E-state index contributed by atoms with van der Waals surface area (Å²) >= 11 is 0. The fourth-order valence-corrected chi connectivity index (χ4v) is 10.8. The Morgan fingerprint density at radius 2 is 0.329 bits per heavy atom. The van der Waals surface area contributed by atoms with Gasteiger partial charge in [-0.3, -0.25) is 0 Å². The van der Waals surface area contributed by atoms with Crippen molar-refractivity contribution in [2.75, 3.05) is 19.6 Å². The van der Waals surface area contributed by atoms with E-state index in [0.717, 1.165) is 101 Å². The maximum absolute atomic E-state index is 2.46. The second-order valence-corrected chi connectivity index (χ2v) is 20.3. The highest BCUT2D eigenvalue weighted by Crippen LogP contribution is 2.50. The van der Waals surface area contributed by atoms with Crippen molar-refractivity contribution in [2.45, 2.75) is 41.5 Å². The van der Waals surface area contributed by atoms with Crippen molar-refractivity contribution in [3.8, 4) is 0 Å². The first kappa shape index (κ1) is 47.6. The van der Waals surface area contributed by atoms with Crippen LogP contribution in [0.2, 0.25) is 0 Å². The molecule has 0 aliphatic rings. The van der Waals surface area contributed by atoms with Crippen LogP contribution in [0.15, 0.2) is 255 Å². The molecule has 0 saturated carbocycles. The molecule has 12 rings (SSSR count). The molecular formula is C72H60N4. The third-order valence-corrected chi connectivity index (χ3v) is 14.8. The van der Waals surface area contributed by atoms with E-state index in [1.807, 2.05) is 0 Å². The Hall–Kier alpha value is -9.38. The van der Waals surface area contributed by atoms with Gasteiger partial charge in [-0.2, -0.15) is 0 Å². The molecule has 0 aliphatic heterocycles. The SMILES string of the molecule is Cc1ccc(N(c2ccc(C)cc2)c2ccc(N(c3ccc(C)cc3)c3cccc4c(N(c5ccc(C)cc5)c5ccc(N(c6ccc(C)cc6)c6ccc(C)cc6)c6ccccc56)cccc34)c3ccccc23)cc1. The summed E-state index contributed by atoms with van der Waals surface area (Å²) in [5, 5.41) is 6.88. The lowest BCUT2D eigenvalue weighted by Crippen LogP contribution is -2.15. The Bertz CT molecular complexity index is 3670. The summed E-state index contributed by atoms with van der Waals surface area (Å²) in [5.74, 6) is 0. The molecule has 0 saturated heterocycles. The Morgan fingerprint density at radius 3 is 0.553 bits per heavy atom. The molecule has 0 aromatic heterocycles. The van der Waals surface area contributed by atoms with Gasteiger partial charge in [0, 0.05) is 66.4 Å². The van der Waals surface area contributed by atoms with Crippen LogP contribution >= 0.6 is 0 Å². The van der Waals surface area contributed by atoms with Crippen LogP contribution in [0.25, 0.3) is 32.3 Å². The first-order chi connectivity index (χ1) is 37.2. The highest BCUT2D eigenvalue weighted by atomic mass is 15.2. The molecule has 0 unspecified atom stereocenters. The third-order valence-electron chi connectivity index (χ3n) is 14.8. The molecule has 0 radical (unpaired) electrons. The van der Waals surface area contributed by atoms with E-state index in [2.05, 4.69) is 316 Å². The smallest absolute Gasteiger partial charge is 0.0541 e. The van der Waals surface area contributed by atoms with E-state index in [1.165, 1.54) is 33.4 Å². The molecule has 0 atom stereocenters. The fourth-order valence-electron chi connectivity index (χ4n) is 10.8. The van der Waals surface area contributed by atoms with Gasteiger partial charge in [-0.15, -0.1) is 0 Å². The molecule has 0 aliphatic carbocycles. The quantitative estimate of drug-likeness (QED) is 0.121. The number of hydrogen-bond donors (Lipinski definition) is 0. The van der Waals surface area contributed by atoms with E-state index in [1.54, 1.807) is 0 Å². The molecule has 4 nitrogen and oxygen atoms in total. The molecule has 4 heteroatoms. The summed E-state index contributed by atoms with van der Waals surface area (Å²) in [4.78, 5) is 9.71. The monoisotopic (exact) mass is 980 g/mol. The minimum Gasteiger partial charge on any atom is -0.310 e. The van der Waals surface area contributed by atoms with Crippen LogP contribution in [0.4, 0.5) is 68.2 Å². The summed E-state index contributed by atoms with van der Waals surface area (Å²) in [6, 6.07) is 94.0. The minimum atomic E-state index is 1.08. The molecule has 0 N–H and O–H groups in total. The van der Waals surface area contributed by atoms with Crippen LogP contribution in [-0.2, 0) is 0 Å². The number of fused-ring (bicyclic) bond motifs is 3. The molecule has 0 fully saturated rings. The normalized spacial score (nSPS) is 11.3. The highest BCUT2D eigenvalue weighted by Gasteiger charge is 2.26. The zero-order chi connectivity index (χ0) is 51.9. The molecule has 0 spiro atoms. The van der Waals surface area contributed by atoms with Gasteiger partial charge in [-0.25, -0.2) is 0 Å². The van der Waals surface area contributed by atoms with Crippen molar-refractivity contribution in [1.29, 1.82) is 0 Å². The number of rotatable bonds is 12. The average Bonchev–Trinajstić information content (AvgIpc) is 3.55. The molecule has 0 bridgehead atoms. The lowest BCUT2D eigenvalue weighted by atomic mass is 9.99. The summed E-state index contributed by atoms with van der Waals surface area (Å²) in [6.07, 6.45) is 0. The Balaban J connectivity index is 1.06. The predicted octanol–water partition coefficient (Wildman–Crippen LogP) is 20.9. The van der Waals surface area contributed by atoms with Crippen LogP contribution < -0.4 is 19.6 Å². The summed E-state index contributed by atoms with van der Waals surface area (Å²) in [5.41, 5.74) is 20.5. The molecule has 368 valence electrons. The second kappa shape index (κ2) is 20.1. The van der Waals surface area contributed by atoms with Crippen molar-refractivity contribution in [1.82, 2.24) is 0 Å². The topological polar surface area (TPSA) is 13.0 Å². The van der Waals surface area contributed by atoms with E-state index in [0.29, 0.717) is 0 Å². The van der Waals surface area contributed by atoms with Crippen LogP contribution in [0.1, 0.15) is 33.4 Å². The largest absolute Gasteiger partial charge is 0.310 e. The van der Waals surface area contributed by atoms with E-state index in [4.69, 9.17) is 0 Å². The number of anilines is 12. The maximum Gasteiger partial charge on any atom is 0.0541 e. The van der Waals surface area contributed by atoms with Gasteiger partial charge in [0.2, 0.25) is 0 Å². The zero-order valence-corrected chi connectivity index (χ0v) is 44.0. The first-order valence-corrected chi connectivity index (χ1v) is 26.3. The molecule has 0 amide bonds. The minimum absolute atomic E-state index is 1.08. The van der Waals surface area contributed by atoms with Gasteiger partial charge in [0.25, 0.3) is 0 Å². The predicted molar refractivity (Wildman–Crippen MR) is 326 cm³/mol. The van der Waals surface area contributed by atoms with Crippen molar-refractivity contribution >= 4 is 101 Å². The average molecular weight is 981 g/mol. The van der Waals surface area contributed by atoms with E-state index >= 15 is 0 Å². The van der Waals surface area contributed by atoms with Gasteiger partial charge in [-0.05, 0) is 151 Å². The molecule has 12 aromatic rings. The molecule has 12 aromatic carbocycles. The van der Waals surface area contributed by atoms with Gasteiger partial charge in [0.15, 0.2) is 0 Å². The van der Waals surface area contributed by atoms with Crippen LogP contribution in [0.3, 0.4) is 0 Å². The number of nitrogens with zero attached hydrogens (tertiary/aromatic N) is 4. The third kappa shape index (κ3) is 8.98. The zero-order valence-electron chi connectivity index (χ0n) is 44.0. The first-order valence-electron chi connectivity index (χ1n) is 26.3. The Morgan fingerprint density at radius 1 is 0.158 bits per heavy atom. The van der Waals surface area contributed by atoms with E-state index in [-0.39, 0.29) is 0 Å². The summed E-state index contributed by atoms with van der Waals surface area (Å²) in [7, 11) is 0. The molecular weight excluding hydrogens is 921 g/mol. The Kier molecular flexibility index (Phi) is 12.6. The molecule has 76 heavy (non-hydrogen) atoms. The standard InChI is InChI=1S/C72H60N4/c1-49-21-33-55(34-22-49)73(56-35-23-50(2)24-36-56)69-45-47-71(63-15-9-7-13-61(63)69)75(59-41-29-53(5)30-42-59)67-19-11-18-66-65(67)17-12-20-68(66)76(60-43-31-54(6)32-44-60)72-48-46-70(62-14-8-10-16-64(62)72)74(57-37-25-51(3)26-38-57)58-39-27-52(4)28-40-58/h7-48H,1-6H3. The Labute approximate surface area is 447 Å². The fraction of sp³-hybridized carbons (Fsp3) is 0.0833. The molecule has 0 heterocycles. The van der Waals surface area contributed by atoms with Gasteiger partial charge in [-0.1, -0.05) is 179 Å². The van der Waals surface area contributed by atoms with Crippen molar-refractivity contribution in [3.05, 3.63) is 288 Å². The van der Waals surface area contributed by atoms with E-state index in [9.17, 15) is 0 Å². The highest BCUT2D eigenvalue weighted by molar-refractivity contribution is 6.14. The van der Waals surface area contributed by atoms with Gasteiger partial charge in [0.1, 0.15) is 0 Å². The van der Waals surface area contributed by atoms with Crippen LogP contribution in [0, 0.1) is 41.5 Å². The van der Waals surface area contributed by atoms with Gasteiger partial charge < -0.3 is 19.6 Å². The summed E-state index contributed by atoms with van der Waals surface area (Å²) < 4.78 is 0. The van der Waals surface area contributed by atoms with Crippen molar-refractivity contribution < 1.29 is 0 Å². The van der Waals surface area contributed by atoms with Crippen LogP contribution in [-0.4, -0.2) is 0 Å². The van der Waals surface area contributed by atoms with Gasteiger partial charge >= 0.3 is 0 Å². The lowest BCUT2D eigenvalue weighted by Gasteiger charge is -2.33. The van der Waals surface area contributed by atoms with Crippen molar-refractivity contribution in [2.24, 2.45) is 0 Å². The summed E-state index contributed by atoms with van der Waals surface area (Å²) in [6.45, 7) is 12.9.